The Hall–Kier alpha value is -0.850. The van der Waals surface area contributed by atoms with Crippen molar-refractivity contribution in [2.45, 2.75) is 19.3 Å². The van der Waals surface area contributed by atoms with Crippen LogP contribution < -0.4 is 11.1 Å². The van der Waals surface area contributed by atoms with Gasteiger partial charge in [0.25, 0.3) is 0 Å². The number of rotatable bonds is 3. The molecule has 0 saturated carbocycles. The first-order chi connectivity index (χ1) is 9.16. The molecule has 1 atom stereocenters. The van der Waals surface area contributed by atoms with Crippen LogP contribution in [0.4, 0.5) is 0 Å². The molecule has 3 N–H and O–H groups in total. The SMILES string of the molecule is Cl.NC(=O)C1CCCN(C(=O)CN2CCCNCC2)C1. The van der Waals surface area contributed by atoms with Crippen molar-refractivity contribution in [3.63, 3.8) is 0 Å². The van der Waals surface area contributed by atoms with Crippen LogP contribution in [0, 0.1) is 5.92 Å². The van der Waals surface area contributed by atoms with Crippen molar-refractivity contribution < 1.29 is 9.59 Å². The summed E-state index contributed by atoms with van der Waals surface area (Å²) in [5.41, 5.74) is 5.34. The van der Waals surface area contributed by atoms with Crippen LogP contribution in [0.25, 0.3) is 0 Å². The molecule has 2 rings (SSSR count). The molecular weight excluding hydrogens is 280 g/mol. The third kappa shape index (κ3) is 4.92. The highest BCUT2D eigenvalue weighted by molar-refractivity contribution is 5.85. The van der Waals surface area contributed by atoms with Gasteiger partial charge in [-0.1, -0.05) is 0 Å². The van der Waals surface area contributed by atoms with Crippen molar-refractivity contribution in [3.05, 3.63) is 0 Å². The van der Waals surface area contributed by atoms with Crippen molar-refractivity contribution in [3.8, 4) is 0 Å². The van der Waals surface area contributed by atoms with E-state index < -0.39 is 0 Å². The van der Waals surface area contributed by atoms with Crippen molar-refractivity contribution >= 4 is 24.2 Å². The minimum Gasteiger partial charge on any atom is -0.369 e. The van der Waals surface area contributed by atoms with Gasteiger partial charge in [-0.15, -0.1) is 12.4 Å². The van der Waals surface area contributed by atoms with Gasteiger partial charge in [0, 0.05) is 26.2 Å². The summed E-state index contributed by atoms with van der Waals surface area (Å²) in [6.07, 6.45) is 2.77. The zero-order valence-corrected chi connectivity index (χ0v) is 12.7. The summed E-state index contributed by atoms with van der Waals surface area (Å²) >= 11 is 0. The molecule has 2 amide bonds. The average molecular weight is 305 g/mol. The van der Waals surface area contributed by atoms with E-state index in [1.807, 2.05) is 0 Å². The first kappa shape index (κ1) is 17.2. The zero-order valence-electron chi connectivity index (χ0n) is 11.8. The highest BCUT2D eigenvalue weighted by atomic mass is 35.5. The number of carbonyl (C=O) groups is 2. The molecular formula is C13H25ClN4O2. The number of hydrogen-bond donors (Lipinski definition) is 2. The molecule has 20 heavy (non-hydrogen) atoms. The molecule has 6 nitrogen and oxygen atoms in total. The van der Waals surface area contributed by atoms with E-state index >= 15 is 0 Å². The third-order valence-electron chi connectivity index (χ3n) is 3.97. The van der Waals surface area contributed by atoms with Gasteiger partial charge in [0.05, 0.1) is 12.5 Å². The van der Waals surface area contributed by atoms with Gasteiger partial charge in [-0.05, 0) is 32.4 Å². The Balaban J connectivity index is 0.00000200. The Morgan fingerprint density at radius 2 is 1.95 bits per heavy atom. The summed E-state index contributed by atoms with van der Waals surface area (Å²) in [4.78, 5) is 27.5. The Morgan fingerprint density at radius 1 is 1.15 bits per heavy atom. The average Bonchev–Trinajstić information content (AvgIpc) is 2.67. The highest BCUT2D eigenvalue weighted by Crippen LogP contribution is 2.16. The van der Waals surface area contributed by atoms with Crippen molar-refractivity contribution in [1.82, 2.24) is 15.1 Å². The molecule has 116 valence electrons. The second-order valence-electron chi connectivity index (χ2n) is 5.46. The van der Waals surface area contributed by atoms with Gasteiger partial charge in [-0.25, -0.2) is 0 Å². The first-order valence-corrected chi connectivity index (χ1v) is 7.17. The van der Waals surface area contributed by atoms with E-state index in [1.54, 1.807) is 4.90 Å². The molecule has 2 aliphatic rings. The van der Waals surface area contributed by atoms with Crippen LogP contribution in [-0.4, -0.2) is 67.4 Å². The number of piperidine rings is 1. The second-order valence-corrected chi connectivity index (χ2v) is 5.46. The van der Waals surface area contributed by atoms with Gasteiger partial charge >= 0.3 is 0 Å². The number of amides is 2. The Labute approximate surface area is 126 Å². The Bertz CT molecular complexity index is 332. The third-order valence-corrected chi connectivity index (χ3v) is 3.97. The molecule has 0 bridgehead atoms. The number of nitrogens with zero attached hydrogens (tertiary/aromatic N) is 2. The van der Waals surface area contributed by atoms with E-state index in [1.165, 1.54) is 0 Å². The number of likely N-dealkylation sites (tertiary alicyclic amines) is 1. The summed E-state index contributed by atoms with van der Waals surface area (Å²) in [5.74, 6) is -0.312. The van der Waals surface area contributed by atoms with Crippen LogP contribution in [0.5, 0.6) is 0 Å². The molecule has 0 radical (unpaired) electrons. The fraction of sp³-hybridized carbons (Fsp3) is 0.846. The lowest BCUT2D eigenvalue weighted by Crippen LogP contribution is -2.48. The van der Waals surface area contributed by atoms with Crippen LogP contribution >= 0.6 is 12.4 Å². The fourth-order valence-electron chi connectivity index (χ4n) is 2.79. The van der Waals surface area contributed by atoms with Crippen LogP contribution in [-0.2, 0) is 9.59 Å². The van der Waals surface area contributed by atoms with Crippen molar-refractivity contribution in [2.24, 2.45) is 11.7 Å². The predicted molar refractivity (Wildman–Crippen MR) is 79.7 cm³/mol. The molecule has 2 fully saturated rings. The smallest absolute Gasteiger partial charge is 0.236 e. The van der Waals surface area contributed by atoms with E-state index in [0.717, 1.165) is 52.0 Å². The maximum absolute atomic E-state index is 12.3. The van der Waals surface area contributed by atoms with Gasteiger partial charge in [-0.3, -0.25) is 14.5 Å². The number of halogens is 1. The van der Waals surface area contributed by atoms with E-state index in [2.05, 4.69) is 10.2 Å². The summed E-state index contributed by atoms with van der Waals surface area (Å²) in [6.45, 7) is 5.57. The number of nitrogens with one attached hydrogen (secondary N) is 1. The normalized spacial score (nSPS) is 24.6. The molecule has 7 heteroatoms. The van der Waals surface area contributed by atoms with Crippen LogP contribution in [0.2, 0.25) is 0 Å². The molecule has 0 spiro atoms. The number of hydrogen-bond acceptors (Lipinski definition) is 4. The van der Waals surface area contributed by atoms with E-state index in [0.29, 0.717) is 13.1 Å². The summed E-state index contributed by atoms with van der Waals surface area (Å²) in [5, 5.41) is 3.32. The molecule has 0 aliphatic carbocycles. The maximum atomic E-state index is 12.3. The molecule has 1 unspecified atom stereocenters. The number of nitrogens with two attached hydrogens (primary N) is 1. The number of primary amides is 1. The summed E-state index contributed by atoms with van der Waals surface area (Å²) in [7, 11) is 0. The maximum Gasteiger partial charge on any atom is 0.236 e. The van der Waals surface area contributed by atoms with Crippen LogP contribution in [0.1, 0.15) is 19.3 Å². The van der Waals surface area contributed by atoms with Gasteiger partial charge < -0.3 is 16.0 Å². The predicted octanol–water partition coefficient (Wildman–Crippen LogP) is -0.573. The summed E-state index contributed by atoms with van der Waals surface area (Å²) in [6, 6.07) is 0. The van der Waals surface area contributed by atoms with Crippen LogP contribution in [0.3, 0.4) is 0 Å². The minimum absolute atomic E-state index is 0. The van der Waals surface area contributed by atoms with Crippen molar-refractivity contribution in [2.75, 3.05) is 45.8 Å². The molecule has 0 aromatic rings. The van der Waals surface area contributed by atoms with E-state index in [4.69, 9.17) is 5.73 Å². The molecule has 2 saturated heterocycles. The monoisotopic (exact) mass is 304 g/mol. The standard InChI is InChI=1S/C13H24N4O2.ClH/c14-13(19)11-3-1-7-17(9-11)12(18)10-16-6-2-4-15-5-8-16;/h11,15H,1-10H2,(H2,14,19);1H. The summed E-state index contributed by atoms with van der Waals surface area (Å²) < 4.78 is 0. The minimum atomic E-state index is -0.281. The Morgan fingerprint density at radius 3 is 2.70 bits per heavy atom. The van der Waals surface area contributed by atoms with Gasteiger partial charge in [0.2, 0.25) is 11.8 Å². The fourth-order valence-corrected chi connectivity index (χ4v) is 2.79. The van der Waals surface area contributed by atoms with E-state index in [-0.39, 0.29) is 30.1 Å². The lowest BCUT2D eigenvalue weighted by atomic mass is 9.97. The molecule has 2 heterocycles. The van der Waals surface area contributed by atoms with Crippen molar-refractivity contribution in [1.29, 1.82) is 0 Å². The topological polar surface area (TPSA) is 78.7 Å². The molecule has 0 aromatic heterocycles. The highest BCUT2D eigenvalue weighted by Gasteiger charge is 2.27. The van der Waals surface area contributed by atoms with Gasteiger partial charge in [0.1, 0.15) is 0 Å². The van der Waals surface area contributed by atoms with Gasteiger partial charge in [-0.2, -0.15) is 0 Å². The second kappa shape index (κ2) is 8.44. The van der Waals surface area contributed by atoms with Gasteiger partial charge in [0.15, 0.2) is 0 Å². The number of carbonyl (C=O) groups excluding carboxylic acids is 2. The molecule has 0 aromatic carbocycles. The quantitative estimate of drug-likeness (QED) is 0.732. The zero-order chi connectivity index (χ0) is 13.7. The Kier molecular flexibility index (Phi) is 7.26. The van der Waals surface area contributed by atoms with E-state index in [9.17, 15) is 9.59 Å². The first-order valence-electron chi connectivity index (χ1n) is 7.17. The van der Waals surface area contributed by atoms with Crippen LogP contribution in [0.15, 0.2) is 0 Å². The lowest BCUT2D eigenvalue weighted by Gasteiger charge is -2.32. The largest absolute Gasteiger partial charge is 0.369 e. The molecule has 2 aliphatic heterocycles. The lowest BCUT2D eigenvalue weighted by molar-refractivity contribution is -0.135.